The molecule has 0 fully saturated rings. The predicted molar refractivity (Wildman–Crippen MR) is 104 cm³/mol. The summed E-state index contributed by atoms with van der Waals surface area (Å²) in [5.74, 6) is -0.949. The van der Waals surface area contributed by atoms with Crippen LogP contribution in [0.2, 0.25) is 0 Å². The maximum Gasteiger partial charge on any atom is 0.272 e. The van der Waals surface area contributed by atoms with E-state index in [-0.39, 0.29) is 5.69 Å². The fourth-order valence-corrected chi connectivity index (χ4v) is 3.68. The maximum atomic E-state index is 14.2. The summed E-state index contributed by atoms with van der Waals surface area (Å²) in [6.45, 7) is 0.684. The van der Waals surface area contributed by atoms with Gasteiger partial charge in [0.1, 0.15) is 5.82 Å². The molecule has 28 heavy (non-hydrogen) atoms. The first kappa shape index (κ1) is 19.6. The Morgan fingerprint density at radius 3 is 2.89 bits per heavy atom. The molecule has 0 aliphatic heterocycles. The van der Waals surface area contributed by atoms with Gasteiger partial charge in [-0.05, 0) is 23.8 Å². The van der Waals surface area contributed by atoms with Crippen molar-refractivity contribution in [2.24, 2.45) is 4.99 Å². The van der Waals surface area contributed by atoms with Gasteiger partial charge < -0.3 is 9.30 Å². The number of carbonyl (C=O) groups excluding carboxylic acids is 1. The summed E-state index contributed by atoms with van der Waals surface area (Å²) in [4.78, 5) is 27.0. The molecule has 0 aliphatic carbocycles. The third-order valence-electron chi connectivity index (χ3n) is 3.88. The third-order valence-corrected chi connectivity index (χ3v) is 4.92. The highest BCUT2D eigenvalue weighted by molar-refractivity contribution is 7.16. The van der Waals surface area contributed by atoms with Crippen LogP contribution >= 0.6 is 11.3 Å². The molecule has 1 aromatic heterocycles. The lowest BCUT2D eigenvalue weighted by molar-refractivity contribution is -0.384. The van der Waals surface area contributed by atoms with Crippen LogP contribution in [0, 0.1) is 15.9 Å². The number of nitrogens with zero attached hydrogens (tertiary/aromatic N) is 3. The number of halogens is 1. The van der Waals surface area contributed by atoms with Crippen molar-refractivity contribution >= 4 is 39.2 Å². The standard InChI is InChI=1S/C19H16FN3O4S/c1-27-11-10-22-18-15(20)6-3-7-16(18)28-19(22)21-17(24)9-8-13-4-2-5-14(12-13)23(25)26/h2-9,12H,10-11H2,1H3. The molecular formula is C19H16FN3O4S. The summed E-state index contributed by atoms with van der Waals surface area (Å²) in [5, 5.41) is 10.8. The zero-order valence-electron chi connectivity index (χ0n) is 14.9. The van der Waals surface area contributed by atoms with E-state index in [1.54, 1.807) is 22.8 Å². The zero-order valence-corrected chi connectivity index (χ0v) is 15.7. The highest BCUT2D eigenvalue weighted by atomic mass is 32.1. The van der Waals surface area contributed by atoms with Crippen LogP contribution in [0.1, 0.15) is 5.56 Å². The van der Waals surface area contributed by atoms with E-state index in [1.807, 2.05) is 0 Å². The van der Waals surface area contributed by atoms with E-state index in [0.717, 1.165) is 0 Å². The van der Waals surface area contributed by atoms with Crippen molar-refractivity contribution in [3.8, 4) is 0 Å². The van der Waals surface area contributed by atoms with Gasteiger partial charge >= 0.3 is 0 Å². The Balaban J connectivity index is 1.95. The normalized spacial score (nSPS) is 12.1. The van der Waals surface area contributed by atoms with Crippen molar-refractivity contribution in [1.82, 2.24) is 4.57 Å². The predicted octanol–water partition coefficient (Wildman–Crippen LogP) is 3.54. The molecular weight excluding hydrogens is 385 g/mol. The fourth-order valence-electron chi connectivity index (χ4n) is 2.60. The van der Waals surface area contributed by atoms with Gasteiger partial charge in [-0.2, -0.15) is 4.99 Å². The first-order valence-corrected chi connectivity index (χ1v) is 9.09. The zero-order chi connectivity index (χ0) is 20.1. The second-order valence-electron chi connectivity index (χ2n) is 5.75. The molecule has 3 aromatic rings. The molecule has 1 heterocycles. The first-order valence-electron chi connectivity index (χ1n) is 8.27. The summed E-state index contributed by atoms with van der Waals surface area (Å²) in [6.07, 6.45) is 2.67. The Labute approximate surface area is 163 Å². The van der Waals surface area contributed by atoms with Crippen LogP contribution in [-0.2, 0) is 16.1 Å². The molecule has 0 unspecified atom stereocenters. The van der Waals surface area contributed by atoms with Gasteiger partial charge in [-0.15, -0.1) is 0 Å². The van der Waals surface area contributed by atoms with Gasteiger partial charge in [0.2, 0.25) is 0 Å². The Morgan fingerprint density at radius 2 is 2.14 bits per heavy atom. The van der Waals surface area contributed by atoms with Crippen molar-refractivity contribution in [3.63, 3.8) is 0 Å². The number of hydrogen-bond acceptors (Lipinski definition) is 5. The molecule has 3 rings (SSSR count). The summed E-state index contributed by atoms with van der Waals surface area (Å²) < 4.78 is 21.6. The van der Waals surface area contributed by atoms with E-state index in [9.17, 15) is 19.3 Å². The van der Waals surface area contributed by atoms with Crippen LogP contribution in [0.25, 0.3) is 16.3 Å². The Morgan fingerprint density at radius 1 is 1.36 bits per heavy atom. The van der Waals surface area contributed by atoms with Crippen LogP contribution in [0.4, 0.5) is 10.1 Å². The quantitative estimate of drug-likeness (QED) is 0.359. The topological polar surface area (TPSA) is 86.7 Å². The number of thiazole rings is 1. The molecule has 1 amide bonds. The number of methoxy groups -OCH3 is 1. The number of non-ortho nitro benzene ring substituents is 1. The smallest absolute Gasteiger partial charge is 0.272 e. The molecule has 2 aromatic carbocycles. The molecule has 0 saturated heterocycles. The second kappa shape index (κ2) is 8.68. The highest BCUT2D eigenvalue weighted by Crippen LogP contribution is 2.20. The van der Waals surface area contributed by atoms with Crippen molar-refractivity contribution in [3.05, 3.63) is 74.8 Å². The van der Waals surface area contributed by atoms with Gasteiger partial charge in [-0.25, -0.2) is 4.39 Å². The van der Waals surface area contributed by atoms with Crippen molar-refractivity contribution in [2.75, 3.05) is 13.7 Å². The minimum atomic E-state index is -0.551. The molecule has 0 radical (unpaired) electrons. The van der Waals surface area contributed by atoms with Crippen molar-refractivity contribution in [2.45, 2.75) is 6.54 Å². The monoisotopic (exact) mass is 401 g/mol. The molecule has 7 nitrogen and oxygen atoms in total. The number of fused-ring (bicyclic) bond motifs is 1. The number of nitro groups is 1. The van der Waals surface area contributed by atoms with E-state index >= 15 is 0 Å². The number of carbonyl (C=O) groups is 1. The van der Waals surface area contributed by atoms with Crippen LogP contribution in [-0.4, -0.2) is 29.1 Å². The number of para-hydroxylation sites is 1. The first-order chi connectivity index (χ1) is 13.5. The number of ether oxygens (including phenoxy) is 1. The molecule has 0 spiro atoms. The van der Waals surface area contributed by atoms with E-state index < -0.39 is 16.6 Å². The van der Waals surface area contributed by atoms with Gasteiger partial charge in [-0.3, -0.25) is 14.9 Å². The van der Waals surface area contributed by atoms with E-state index in [2.05, 4.69) is 4.99 Å². The Bertz CT molecular complexity index is 1130. The van der Waals surface area contributed by atoms with Gasteiger partial charge in [0.25, 0.3) is 11.6 Å². The Kier molecular flexibility index (Phi) is 6.07. The summed E-state index contributed by atoms with van der Waals surface area (Å²) in [5.41, 5.74) is 0.815. The number of aromatic nitrogens is 1. The lowest BCUT2D eigenvalue weighted by Gasteiger charge is -2.04. The van der Waals surface area contributed by atoms with E-state index in [0.29, 0.717) is 33.7 Å². The molecule has 0 saturated carbocycles. The van der Waals surface area contributed by atoms with Crippen LogP contribution in [0.15, 0.2) is 53.5 Å². The molecule has 144 valence electrons. The van der Waals surface area contributed by atoms with Crippen molar-refractivity contribution in [1.29, 1.82) is 0 Å². The van der Waals surface area contributed by atoms with E-state index in [4.69, 9.17) is 4.74 Å². The lowest BCUT2D eigenvalue weighted by Crippen LogP contribution is -2.19. The largest absolute Gasteiger partial charge is 0.383 e. The molecule has 9 heteroatoms. The minimum Gasteiger partial charge on any atom is -0.383 e. The highest BCUT2D eigenvalue weighted by Gasteiger charge is 2.11. The number of rotatable bonds is 6. The number of amides is 1. The van der Waals surface area contributed by atoms with Crippen molar-refractivity contribution < 1.29 is 18.8 Å². The average molecular weight is 401 g/mol. The average Bonchev–Trinajstić information content (AvgIpc) is 3.03. The van der Waals surface area contributed by atoms with Gasteiger partial charge in [-0.1, -0.05) is 29.5 Å². The second-order valence-corrected chi connectivity index (χ2v) is 6.76. The van der Waals surface area contributed by atoms with Crippen LogP contribution in [0.3, 0.4) is 0 Å². The van der Waals surface area contributed by atoms with Crippen LogP contribution < -0.4 is 4.80 Å². The minimum absolute atomic E-state index is 0.0658. The maximum absolute atomic E-state index is 14.2. The number of nitro benzene ring substituents is 1. The molecule has 0 bridgehead atoms. The van der Waals surface area contributed by atoms with E-state index in [1.165, 1.54) is 54.9 Å². The summed E-state index contributed by atoms with van der Waals surface area (Å²) in [6, 6.07) is 10.6. The lowest BCUT2D eigenvalue weighted by atomic mass is 10.2. The van der Waals surface area contributed by atoms with Gasteiger partial charge in [0.05, 0.1) is 21.7 Å². The fraction of sp³-hybridized carbons (Fsp3) is 0.158. The molecule has 0 N–H and O–H groups in total. The molecule has 0 atom stereocenters. The SMILES string of the molecule is COCCn1c(=NC(=O)C=Cc2cccc([N+](=O)[O-])c2)sc2cccc(F)c21. The van der Waals surface area contributed by atoms with Gasteiger partial charge in [0.15, 0.2) is 4.80 Å². The molecule has 0 aliphatic rings. The van der Waals surface area contributed by atoms with Crippen LogP contribution in [0.5, 0.6) is 0 Å². The summed E-state index contributed by atoms with van der Waals surface area (Å²) >= 11 is 1.20. The van der Waals surface area contributed by atoms with Gasteiger partial charge in [0, 0.05) is 31.9 Å². The number of benzene rings is 2. The third kappa shape index (κ3) is 4.38. The Hall–Kier alpha value is -3.17. The summed E-state index contributed by atoms with van der Waals surface area (Å²) in [7, 11) is 1.54. The number of hydrogen-bond donors (Lipinski definition) is 0.